The largest absolute Gasteiger partial charge is 0.492 e. The summed E-state index contributed by atoms with van der Waals surface area (Å²) in [5, 5.41) is 7.82. The number of pyridine rings is 1. The van der Waals surface area contributed by atoms with Crippen LogP contribution in [0, 0.1) is 0 Å². The van der Waals surface area contributed by atoms with Gasteiger partial charge in [-0.05, 0) is 49.1 Å². The molecule has 7 heteroatoms. The van der Waals surface area contributed by atoms with Gasteiger partial charge < -0.3 is 20.3 Å². The van der Waals surface area contributed by atoms with E-state index in [-0.39, 0.29) is 11.8 Å². The third-order valence-electron chi connectivity index (χ3n) is 4.78. The zero-order valence-electron chi connectivity index (χ0n) is 16.1. The van der Waals surface area contributed by atoms with E-state index in [2.05, 4.69) is 15.5 Å². The summed E-state index contributed by atoms with van der Waals surface area (Å²) in [4.78, 5) is 17.7. The topological polar surface area (TPSA) is 103 Å². The highest BCUT2D eigenvalue weighted by Gasteiger charge is 2.29. The Labute approximate surface area is 163 Å². The molecule has 0 radical (unpaired) electrons. The van der Waals surface area contributed by atoms with Crippen molar-refractivity contribution in [3.05, 3.63) is 47.3 Å². The number of amides is 1. The quantitative estimate of drug-likeness (QED) is 0.646. The van der Waals surface area contributed by atoms with E-state index >= 15 is 0 Å². The predicted octanol–water partition coefficient (Wildman–Crippen LogP) is 3.81. The smallest absolute Gasteiger partial charge is 0.259 e. The number of carbonyl (C=O) groups is 1. The highest BCUT2D eigenvalue weighted by Crippen LogP contribution is 2.41. The number of aromatic nitrogens is 2. The molecule has 4 rings (SSSR count). The van der Waals surface area contributed by atoms with Crippen LogP contribution in [0.5, 0.6) is 5.75 Å². The van der Waals surface area contributed by atoms with E-state index in [9.17, 15) is 4.79 Å². The Hall–Kier alpha value is -2.93. The Morgan fingerprint density at radius 2 is 2.07 bits per heavy atom. The number of nitrogens with two attached hydrogens (primary N) is 1. The van der Waals surface area contributed by atoms with Crippen molar-refractivity contribution in [2.45, 2.75) is 38.5 Å². The van der Waals surface area contributed by atoms with Gasteiger partial charge in [-0.2, -0.15) is 0 Å². The summed E-state index contributed by atoms with van der Waals surface area (Å²) < 4.78 is 10.9. The number of rotatable bonds is 7. The number of hydrogen-bond acceptors (Lipinski definition) is 6. The van der Waals surface area contributed by atoms with Crippen molar-refractivity contribution in [3.8, 4) is 5.75 Å². The second-order valence-corrected chi connectivity index (χ2v) is 7.39. The SMILES string of the molecule is CC(C)c1noc2nc(C3CC3)cc(C(=O)Nc3ccc(OCCN)cc3)c12. The molecule has 28 heavy (non-hydrogen) atoms. The highest BCUT2D eigenvalue weighted by atomic mass is 16.5. The number of benzene rings is 1. The van der Waals surface area contributed by atoms with Crippen LogP contribution in [0.4, 0.5) is 5.69 Å². The molecule has 3 aromatic rings. The molecule has 0 unspecified atom stereocenters. The van der Waals surface area contributed by atoms with Crippen LogP contribution in [0.15, 0.2) is 34.9 Å². The van der Waals surface area contributed by atoms with Crippen LogP contribution in [0.1, 0.15) is 60.3 Å². The summed E-state index contributed by atoms with van der Waals surface area (Å²) in [6, 6.07) is 9.11. The first-order chi connectivity index (χ1) is 13.6. The predicted molar refractivity (Wildman–Crippen MR) is 107 cm³/mol. The van der Waals surface area contributed by atoms with Crippen LogP contribution in [0.3, 0.4) is 0 Å². The molecule has 2 aromatic heterocycles. The summed E-state index contributed by atoms with van der Waals surface area (Å²) in [6.07, 6.45) is 2.18. The number of nitrogens with one attached hydrogen (secondary N) is 1. The van der Waals surface area contributed by atoms with E-state index in [4.69, 9.17) is 15.0 Å². The zero-order valence-corrected chi connectivity index (χ0v) is 16.1. The normalized spacial score (nSPS) is 13.9. The average Bonchev–Trinajstić information content (AvgIpc) is 3.45. The summed E-state index contributed by atoms with van der Waals surface area (Å²) in [7, 11) is 0. The van der Waals surface area contributed by atoms with Crippen LogP contribution in [0.2, 0.25) is 0 Å². The van der Waals surface area contributed by atoms with Gasteiger partial charge in [-0.1, -0.05) is 19.0 Å². The molecule has 1 saturated carbocycles. The Morgan fingerprint density at radius 1 is 1.32 bits per heavy atom. The van der Waals surface area contributed by atoms with Crippen LogP contribution in [0.25, 0.3) is 11.1 Å². The molecule has 1 aliphatic carbocycles. The molecule has 1 aliphatic rings. The number of nitrogens with zero attached hydrogens (tertiary/aromatic N) is 2. The molecular weight excluding hydrogens is 356 g/mol. The van der Waals surface area contributed by atoms with E-state index < -0.39 is 0 Å². The van der Waals surface area contributed by atoms with Gasteiger partial charge in [-0.15, -0.1) is 0 Å². The van der Waals surface area contributed by atoms with E-state index in [1.165, 1.54) is 0 Å². The van der Waals surface area contributed by atoms with Gasteiger partial charge in [0.15, 0.2) is 0 Å². The van der Waals surface area contributed by atoms with Crippen molar-refractivity contribution in [2.24, 2.45) is 5.73 Å². The fourth-order valence-corrected chi connectivity index (χ4v) is 3.16. The lowest BCUT2D eigenvalue weighted by Gasteiger charge is -2.10. The minimum atomic E-state index is -0.199. The van der Waals surface area contributed by atoms with Crippen LogP contribution in [-0.4, -0.2) is 29.2 Å². The van der Waals surface area contributed by atoms with Crippen molar-refractivity contribution in [1.29, 1.82) is 0 Å². The maximum Gasteiger partial charge on any atom is 0.259 e. The van der Waals surface area contributed by atoms with Gasteiger partial charge in [0.25, 0.3) is 11.6 Å². The fourth-order valence-electron chi connectivity index (χ4n) is 3.16. The van der Waals surface area contributed by atoms with Gasteiger partial charge in [0.1, 0.15) is 12.4 Å². The van der Waals surface area contributed by atoms with Gasteiger partial charge >= 0.3 is 0 Å². The molecule has 146 valence electrons. The van der Waals surface area contributed by atoms with Crippen molar-refractivity contribution in [3.63, 3.8) is 0 Å². The molecule has 3 N–H and O–H groups in total. The van der Waals surface area contributed by atoms with Crippen molar-refractivity contribution in [1.82, 2.24) is 10.1 Å². The Balaban J connectivity index is 1.65. The average molecular weight is 380 g/mol. The maximum atomic E-state index is 13.1. The van der Waals surface area contributed by atoms with Gasteiger partial charge in [-0.3, -0.25) is 4.79 Å². The lowest BCUT2D eigenvalue weighted by Crippen LogP contribution is -2.14. The summed E-state index contributed by atoms with van der Waals surface area (Å²) in [5.41, 5.74) is 8.77. The molecular formula is C21H24N4O3. The van der Waals surface area contributed by atoms with E-state index in [0.29, 0.717) is 47.2 Å². The first kappa shape index (κ1) is 18.4. The zero-order chi connectivity index (χ0) is 19.7. The minimum Gasteiger partial charge on any atom is -0.492 e. The third kappa shape index (κ3) is 3.71. The number of anilines is 1. The van der Waals surface area contributed by atoms with Crippen LogP contribution in [-0.2, 0) is 0 Å². The number of fused-ring (bicyclic) bond motifs is 1. The Bertz CT molecular complexity index is 991. The molecule has 1 amide bonds. The molecule has 7 nitrogen and oxygen atoms in total. The summed E-state index contributed by atoms with van der Waals surface area (Å²) in [6.45, 7) is 4.95. The molecule has 0 bridgehead atoms. The van der Waals surface area contributed by atoms with E-state index in [1.807, 2.05) is 32.0 Å². The highest BCUT2D eigenvalue weighted by molar-refractivity contribution is 6.12. The van der Waals surface area contributed by atoms with Crippen molar-refractivity contribution in [2.75, 3.05) is 18.5 Å². The second-order valence-electron chi connectivity index (χ2n) is 7.39. The molecule has 1 fully saturated rings. The molecule has 0 aliphatic heterocycles. The molecule has 2 heterocycles. The van der Waals surface area contributed by atoms with Crippen molar-refractivity contribution >= 4 is 22.7 Å². The number of hydrogen-bond donors (Lipinski definition) is 2. The fraction of sp³-hybridized carbons (Fsp3) is 0.381. The standard InChI is InChI=1S/C21H24N4O3/c1-12(2)19-18-16(11-17(13-3-4-13)24-21(18)28-25-19)20(26)23-14-5-7-15(8-6-14)27-10-9-22/h5-8,11-13H,3-4,9-10,22H2,1-2H3,(H,23,26). The first-order valence-electron chi connectivity index (χ1n) is 9.61. The van der Waals surface area contributed by atoms with Gasteiger partial charge in [0.2, 0.25) is 0 Å². The summed E-state index contributed by atoms with van der Waals surface area (Å²) in [5.74, 6) is 1.05. The van der Waals surface area contributed by atoms with Gasteiger partial charge in [0.05, 0.1) is 16.6 Å². The Morgan fingerprint density at radius 3 is 2.71 bits per heavy atom. The lowest BCUT2D eigenvalue weighted by atomic mass is 10.0. The number of carbonyl (C=O) groups excluding carboxylic acids is 1. The second kappa shape index (κ2) is 7.59. The number of ether oxygens (including phenoxy) is 1. The molecule has 0 spiro atoms. The third-order valence-corrected chi connectivity index (χ3v) is 4.78. The summed E-state index contributed by atoms with van der Waals surface area (Å²) >= 11 is 0. The first-order valence-corrected chi connectivity index (χ1v) is 9.61. The lowest BCUT2D eigenvalue weighted by molar-refractivity contribution is 0.102. The molecule has 0 saturated heterocycles. The monoisotopic (exact) mass is 380 g/mol. The van der Waals surface area contributed by atoms with Crippen molar-refractivity contribution < 1.29 is 14.1 Å². The minimum absolute atomic E-state index is 0.125. The van der Waals surface area contributed by atoms with Gasteiger partial charge in [0, 0.05) is 23.8 Å². The van der Waals surface area contributed by atoms with E-state index in [1.54, 1.807) is 12.1 Å². The van der Waals surface area contributed by atoms with Crippen LogP contribution < -0.4 is 15.8 Å². The molecule has 1 aromatic carbocycles. The molecule has 0 atom stereocenters. The van der Waals surface area contributed by atoms with E-state index in [0.717, 1.165) is 24.2 Å². The van der Waals surface area contributed by atoms with Gasteiger partial charge in [-0.25, -0.2) is 4.98 Å². The maximum absolute atomic E-state index is 13.1. The van der Waals surface area contributed by atoms with Crippen LogP contribution >= 0.6 is 0 Å². The Kier molecular flexibility index (Phi) is 5.00.